The van der Waals surface area contributed by atoms with Gasteiger partial charge in [0.25, 0.3) is 0 Å². The molecule has 23 nitrogen and oxygen atoms in total. The fraction of sp³-hybridized carbons (Fsp3) is 0.452. The molecule has 4 aliphatic heterocycles. The first-order valence-electron chi connectivity index (χ1n) is 19.9. The average molecular weight is 921 g/mol. The lowest BCUT2D eigenvalue weighted by atomic mass is 9.97. The smallest absolute Gasteiger partial charge is 0.330 e. The Kier molecular flexibility index (Phi) is 14.5. The van der Waals surface area contributed by atoms with Crippen molar-refractivity contribution in [2.75, 3.05) is 26.9 Å². The van der Waals surface area contributed by atoms with E-state index in [0.717, 1.165) is 24.3 Å². The maximum absolute atomic E-state index is 12.5. The standard InChI is InChI=1S/C42H48O23/c1-57-26-8-16(2-5-21(26)45)3-7-30(49)58-14-28-32(51)34(53)37(56)40(63-28)60-15-29-33(52)35(54)39(65-41-36(55)31(50)24(48)13-59-41)42(64-29)62-27-12-19-22(46)10-18(43)11-25(19)61-38(27)17-4-6-20(44)23(47)9-17/h2-12,24,28-29,31-48,50-56H,13-15H2,1H3/b7-3+/t24-,28-,29-,31-,32-,33+,34+,35+,36-,37-,38?,39+,40-,41-,42-/m1/s1. The number of phenols is 5. The fourth-order valence-corrected chi connectivity index (χ4v) is 7.30. The van der Waals surface area contributed by atoms with Gasteiger partial charge in [-0.05, 0) is 42.0 Å². The van der Waals surface area contributed by atoms with Gasteiger partial charge in [-0.2, -0.15) is 0 Å². The van der Waals surface area contributed by atoms with E-state index in [1.54, 1.807) is 0 Å². The number of phenolic OH excluding ortho intramolecular Hbond substituents is 5. The molecule has 7 rings (SSSR count). The SMILES string of the molecule is COc1cc(/C=C/C(=O)OC[C@H]2O[C@@H](OC[C@H]3O[C@@H](OC4=Cc5c(O)cc(O)cc5OC4c4ccc(O)c(O)c4)[C@@H](O[C@H]4OC[C@@H](O)[C@@H](O)[C@H]4O)[C@@H](O)[C@H]3O)[C@H](O)[C@@H](O)[C@@H]2O)ccc1O. The fourth-order valence-electron chi connectivity index (χ4n) is 7.30. The minimum Gasteiger partial charge on any atom is -0.508 e. The van der Waals surface area contributed by atoms with Crippen LogP contribution in [0.5, 0.6) is 40.2 Å². The second-order valence-corrected chi connectivity index (χ2v) is 15.4. The van der Waals surface area contributed by atoms with E-state index in [-0.39, 0.29) is 39.9 Å². The quantitative estimate of drug-likeness (QED) is 0.0504. The van der Waals surface area contributed by atoms with E-state index >= 15 is 0 Å². The van der Waals surface area contributed by atoms with Gasteiger partial charge in [0.2, 0.25) is 6.29 Å². The third-order valence-electron chi connectivity index (χ3n) is 10.9. The summed E-state index contributed by atoms with van der Waals surface area (Å²) in [5.41, 5.74) is 0.577. The van der Waals surface area contributed by atoms with E-state index in [9.17, 15) is 71.2 Å². The number of benzene rings is 3. The van der Waals surface area contributed by atoms with Gasteiger partial charge in [0.15, 0.2) is 47.8 Å². The van der Waals surface area contributed by atoms with E-state index in [1.165, 1.54) is 49.6 Å². The minimum absolute atomic E-state index is 0.0209. The van der Waals surface area contributed by atoms with E-state index in [0.29, 0.717) is 5.56 Å². The highest BCUT2D eigenvalue weighted by Crippen LogP contribution is 2.46. The predicted octanol–water partition coefficient (Wildman–Crippen LogP) is -1.93. The van der Waals surface area contributed by atoms with Crippen molar-refractivity contribution in [2.24, 2.45) is 0 Å². The van der Waals surface area contributed by atoms with Crippen LogP contribution in [-0.2, 0) is 38.0 Å². The Bertz CT molecular complexity index is 2220. The van der Waals surface area contributed by atoms with Crippen LogP contribution in [0.15, 0.2) is 60.4 Å². The van der Waals surface area contributed by atoms with Gasteiger partial charge in [0, 0.05) is 23.8 Å². The van der Waals surface area contributed by atoms with Gasteiger partial charge in [-0.1, -0.05) is 12.1 Å². The van der Waals surface area contributed by atoms with Crippen molar-refractivity contribution in [3.05, 3.63) is 77.1 Å². The van der Waals surface area contributed by atoms with Crippen LogP contribution in [0.4, 0.5) is 0 Å². The summed E-state index contributed by atoms with van der Waals surface area (Å²) in [6.45, 7) is -1.94. The van der Waals surface area contributed by atoms with Gasteiger partial charge in [-0.3, -0.25) is 0 Å². The highest BCUT2D eigenvalue weighted by Gasteiger charge is 2.52. The zero-order valence-electron chi connectivity index (χ0n) is 34.0. The first-order valence-corrected chi connectivity index (χ1v) is 19.9. The molecule has 0 amide bonds. The van der Waals surface area contributed by atoms with Crippen LogP contribution >= 0.6 is 0 Å². The summed E-state index contributed by atoms with van der Waals surface area (Å²) in [6, 6.07) is 10.1. The molecule has 65 heavy (non-hydrogen) atoms. The molecule has 354 valence electrons. The van der Waals surface area contributed by atoms with Gasteiger partial charge >= 0.3 is 5.97 Å². The molecule has 0 spiro atoms. The zero-order chi connectivity index (χ0) is 46.9. The second kappa shape index (κ2) is 19.9. The summed E-state index contributed by atoms with van der Waals surface area (Å²) in [5.74, 6) is -3.08. The number of hydrogen-bond donors (Lipinski definition) is 13. The third-order valence-corrected chi connectivity index (χ3v) is 10.9. The zero-order valence-corrected chi connectivity index (χ0v) is 34.0. The summed E-state index contributed by atoms with van der Waals surface area (Å²) in [7, 11) is 1.34. The number of aromatic hydroxyl groups is 5. The summed E-state index contributed by atoms with van der Waals surface area (Å²) >= 11 is 0. The number of rotatable bonds is 13. The summed E-state index contributed by atoms with van der Waals surface area (Å²) in [5, 5.41) is 137. The van der Waals surface area contributed by atoms with Crippen molar-refractivity contribution in [1.29, 1.82) is 0 Å². The van der Waals surface area contributed by atoms with E-state index in [2.05, 4.69) is 0 Å². The number of hydrogen-bond acceptors (Lipinski definition) is 23. The Hall–Kier alpha value is -5.51. The van der Waals surface area contributed by atoms with Crippen LogP contribution in [0, 0.1) is 0 Å². The lowest BCUT2D eigenvalue weighted by molar-refractivity contribution is -0.360. The van der Waals surface area contributed by atoms with E-state index in [4.69, 9.17) is 42.6 Å². The van der Waals surface area contributed by atoms with Crippen molar-refractivity contribution in [2.45, 2.75) is 92.1 Å². The number of carbonyl (C=O) groups is 1. The lowest BCUT2D eigenvalue weighted by Gasteiger charge is -2.46. The third kappa shape index (κ3) is 10.3. The number of fused-ring (bicyclic) bond motifs is 1. The Morgan fingerprint density at radius 2 is 1.40 bits per heavy atom. The van der Waals surface area contributed by atoms with Gasteiger partial charge in [0.1, 0.15) is 90.7 Å². The Morgan fingerprint density at radius 1 is 0.708 bits per heavy atom. The molecule has 13 N–H and O–H groups in total. The molecule has 3 fully saturated rings. The number of methoxy groups -OCH3 is 1. The molecule has 3 saturated heterocycles. The highest BCUT2D eigenvalue weighted by molar-refractivity contribution is 5.87. The molecule has 15 atom stereocenters. The second-order valence-electron chi connectivity index (χ2n) is 15.4. The van der Waals surface area contributed by atoms with Crippen molar-refractivity contribution in [1.82, 2.24) is 0 Å². The van der Waals surface area contributed by atoms with Crippen LogP contribution in [0.1, 0.15) is 22.8 Å². The normalized spacial score (nSPS) is 33.7. The summed E-state index contributed by atoms with van der Waals surface area (Å²) < 4.78 is 51.2. The topological polar surface area (TPSA) is 363 Å². The Morgan fingerprint density at radius 3 is 2.14 bits per heavy atom. The molecule has 3 aromatic carbocycles. The maximum atomic E-state index is 12.5. The molecule has 0 radical (unpaired) electrons. The molecule has 0 aromatic heterocycles. The predicted molar refractivity (Wildman–Crippen MR) is 213 cm³/mol. The largest absolute Gasteiger partial charge is 0.508 e. The van der Waals surface area contributed by atoms with E-state index in [1.807, 2.05) is 0 Å². The highest BCUT2D eigenvalue weighted by atomic mass is 16.8. The molecule has 1 unspecified atom stereocenters. The number of aliphatic hydroxyl groups excluding tert-OH is 8. The molecule has 0 aliphatic carbocycles. The molecule has 0 bridgehead atoms. The summed E-state index contributed by atoms with van der Waals surface area (Å²) in [4.78, 5) is 12.5. The molecule has 3 aromatic rings. The van der Waals surface area contributed by atoms with E-state index < -0.39 is 135 Å². The first kappa shape index (κ1) is 47.5. The van der Waals surface area contributed by atoms with Gasteiger partial charge in [0.05, 0.1) is 25.9 Å². The van der Waals surface area contributed by atoms with Crippen molar-refractivity contribution < 1.29 is 114 Å². The van der Waals surface area contributed by atoms with Crippen molar-refractivity contribution >= 4 is 18.1 Å². The van der Waals surface area contributed by atoms with Crippen molar-refractivity contribution in [3.63, 3.8) is 0 Å². The van der Waals surface area contributed by atoms with Crippen LogP contribution in [0.25, 0.3) is 12.2 Å². The Balaban J connectivity index is 1.10. The Labute approximate surface area is 367 Å². The van der Waals surface area contributed by atoms with Crippen LogP contribution < -0.4 is 9.47 Å². The molecule has 4 aliphatic rings. The van der Waals surface area contributed by atoms with Gasteiger partial charge < -0.3 is 109 Å². The molecular weight excluding hydrogens is 872 g/mol. The van der Waals surface area contributed by atoms with Crippen molar-refractivity contribution in [3.8, 4) is 40.2 Å². The molecule has 0 saturated carbocycles. The first-order chi connectivity index (χ1) is 30.9. The van der Waals surface area contributed by atoms with Gasteiger partial charge in [-0.15, -0.1) is 0 Å². The number of esters is 1. The number of carbonyl (C=O) groups excluding carboxylic acids is 1. The molecular formula is C42H48O23. The monoisotopic (exact) mass is 920 g/mol. The maximum Gasteiger partial charge on any atom is 0.330 e. The molecule has 23 heteroatoms. The summed E-state index contributed by atoms with van der Waals surface area (Å²) in [6.07, 6.45) is -22.9. The van der Waals surface area contributed by atoms with Crippen LogP contribution in [0.2, 0.25) is 0 Å². The van der Waals surface area contributed by atoms with Crippen LogP contribution in [-0.4, -0.2) is 185 Å². The minimum atomic E-state index is -2.02. The molecule has 4 heterocycles. The average Bonchev–Trinajstić information content (AvgIpc) is 3.28. The lowest BCUT2D eigenvalue weighted by Crippen LogP contribution is -2.64. The number of ether oxygens (including phenoxy) is 9. The number of aliphatic hydroxyl groups is 8. The van der Waals surface area contributed by atoms with Gasteiger partial charge in [-0.25, -0.2) is 4.79 Å². The van der Waals surface area contributed by atoms with Crippen LogP contribution in [0.3, 0.4) is 0 Å².